The lowest BCUT2D eigenvalue weighted by molar-refractivity contribution is 0.209. The lowest BCUT2D eigenvalue weighted by atomic mass is 10.0. The fourth-order valence-electron chi connectivity index (χ4n) is 2.40. The zero-order valence-corrected chi connectivity index (χ0v) is 11.7. The number of fused-ring (bicyclic) bond motifs is 1. The van der Waals surface area contributed by atoms with E-state index in [1.165, 1.54) is 0 Å². The fraction of sp³-hybridized carbons (Fsp3) is 0.200. The summed E-state index contributed by atoms with van der Waals surface area (Å²) in [6.07, 6.45) is 4.17. The van der Waals surface area contributed by atoms with E-state index in [-0.39, 0.29) is 0 Å². The van der Waals surface area contributed by atoms with Crippen molar-refractivity contribution in [1.82, 2.24) is 14.8 Å². The normalized spacial score (nSPS) is 12.8. The van der Waals surface area contributed by atoms with Crippen LogP contribution in [-0.2, 0) is 6.54 Å². The number of hydrogen-bond donors (Lipinski definition) is 1. The molecule has 0 fully saturated rings. The Kier molecular flexibility index (Phi) is 3.42. The molecule has 20 heavy (non-hydrogen) atoms. The summed E-state index contributed by atoms with van der Waals surface area (Å²) in [5.41, 5.74) is 1.34. The Bertz CT molecular complexity index is 748. The van der Waals surface area contributed by atoms with Crippen molar-refractivity contribution in [2.75, 3.05) is 0 Å². The number of aromatic nitrogens is 3. The van der Waals surface area contributed by atoms with Gasteiger partial charge in [-0.3, -0.25) is 9.67 Å². The zero-order chi connectivity index (χ0) is 14.1. The van der Waals surface area contributed by atoms with Gasteiger partial charge in [-0.2, -0.15) is 5.10 Å². The topological polar surface area (TPSA) is 50.9 Å². The molecule has 0 radical (unpaired) electrons. The molecule has 3 rings (SSSR count). The van der Waals surface area contributed by atoms with Gasteiger partial charge in [-0.15, -0.1) is 0 Å². The van der Waals surface area contributed by atoms with E-state index >= 15 is 0 Å². The number of aliphatic hydroxyl groups excluding tert-OH is 1. The largest absolute Gasteiger partial charge is 0.382 e. The van der Waals surface area contributed by atoms with Crippen molar-refractivity contribution in [3.8, 4) is 0 Å². The molecule has 102 valence electrons. The Hall–Kier alpha value is -1.91. The Morgan fingerprint density at radius 1 is 1.25 bits per heavy atom. The molecule has 2 aromatic heterocycles. The first kappa shape index (κ1) is 13.1. The number of rotatable bonds is 3. The number of aryl methyl sites for hydroxylation is 1. The molecule has 0 aliphatic rings. The van der Waals surface area contributed by atoms with E-state index < -0.39 is 6.10 Å². The van der Waals surface area contributed by atoms with Crippen LogP contribution >= 0.6 is 11.6 Å². The van der Waals surface area contributed by atoms with Gasteiger partial charge >= 0.3 is 0 Å². The molecular weight excluding hydrogens is 274 g/mol. The second-order valence-corrected chi connectivity index (χ2v) is 4.95. The summed E-state index contributed by atoms with van der Waals surface area (Å²) < 4.78 is 1.70. The van der Waals surface area contributed by atoms with Crippen molar-refractivity contribution in [1.29, 1.82) is 0 Å². The Labute approximate surface area is 121 Å². The van der Waals surface area contributed by atoms with Crippen molar-refractivity contribution in [2.45, 2.75) is 19.6 Å². The molecule has 0 aliphatic carbocycles. The molecule has 2 heterocycles. The second kappa shape index (κ2) is 5.23. The van der Waals surface area contributed by atoms with Crippen LogP contribution in [0.5, 0.6) is 0 Å². The third kappa shape index (κ3) is 2.07. The number of pyridine rings is 1. The van der Waals surface area contributed by atoms with E-state index in [0.29, 0.717) is 17.3 Å². The van der Waals surface area contributed by atoms with Gasteiger partial charge in [0.25, 0.3) is 0 Å². The van der Waals surface area contributed by atoms with Gasteiger partial charge in [0.2, 0.25) is 0 Å². The quantitative estimate of drug-likeness (QED) is 0.805. The summed E-state index contributed by atoms with van der Waals surface area (Å²) in [5.74, 6) is 0. The van der Waals surface area contributed by atoms with Gasteiger partial charge < -0.3 is 5.11 Å². The van der Waals surface area contributed by atoms with Crippen LogP contribution < -0.4 is 0 Å². The number of benzene rings is 1. The van der Waals surface area contributed by atoms with Crippen LogP contribution in [0.15, 0.2) is 42.9 Å². The molecule has 0 saturated heterocycles. The maximum absolute atomic E-state index is 10.7. The van der Waals surface area contributed by atoms with Crippen molar-refractivity contribution in [3.05, 3.63) is 59.1 Å². The predicted octanol–water partition coefficient (Wildman–Crippen LogP) is 3.19. The summed E-state index contributed by atoms with van der Waals surface area (Å²) in [6, 6.07) is 7.83. The van der Waals surface area contributed by atoms with Crippen LogP contribution in [0.3, 0.4) is 0 Å². The minimum atomic E-state index is -0.844. The standard InChI is InChI=1S/C15H14ClN3O/c1-2-19-14(13(16)9-18-19)15(20)12-8-17-7-10-5-3-4-6-11(10)12/h3-9,15,20H,2H2,1H3. The number of hydrogen-bond acceptors (Lipinski definition) is 3. The third-order valence-electron chi connectivity index (χ3n) is 3.39. The van der Waals surface area contributed by atoms with Gasteiger partial charge in [-0.25, -0.2) is 0 Å². The molecule has 1 aromatic carbocycles. The summed E-state index contributed by atoms with van der Waals surface area (Å²) in [7, 11) is 0. The number of halogens is 1. The highest BCUT2D eigenvalue weighted by atomic mass is 35.5. The van der Waals surface area contributed by atoms with Crippen LogP contribution in [0.4, 0.5) is 0 Å². The van der Waals surface area contributed by atoms with E-state index in [1.54, 1.807) is 23.3 Å². The molecule has 4 nitrogen and oxygen atoms in total. The molecule has 1 atom stereocenters. The maximum Gasteiger partial charge on any atom is 0.124 e. The van der Waals surface area contributed by atoms with Gasteiger partial charge in [0.15, 0.2) is 0 Å². The SMILES string of the molecule is CCn1ncc(Cl)c1C(O)c1cncc2ccccc12. The first-order chi connectivity index (χ1) is 9.72. The average Bonchev–Trinajstić information content (AvgIpc) is 2.87. The highest BCUT2D eigenvalue weighted by molar-refractivity contribution is 6.31. The summed E-state index contributed by atoms with van der Waals surface area (Å²) in [6.45, 7) is 2.61. The van der Waals surface area contributed by atoms with Crippen molar-refractivity contribution < 1.29 is 5.11 Å². The van der Waals surface area contributed by atoms with Crippen molar-refractivity contribution in [3.63, 3.8) is 0 Å². The van der Waals surface area contributed by atoms with Gasteiger partial charge in [0, 0.05) is 29.9 Å². The van der Waals surface area contributed by atoms with Crippen LogP contribution in [0.25, 0.3) is 10.8 Å². The molecule has 5 heteroatoms. The van der Waals surface area contributed by atoms with Gasteiger partial charge in [-0.05, 0) is 12.3 Å². The highest BCUT2D eigenvalue weighted by Gasteiger charge is 2.21. The average molecular weight is 288 g/mol. The van der Waals surface area contributed by atoms with Crippen LogP contribution in [-0.4, -0.2) is 19.9 Å². The maximum atomic E-state index is 10.7. The fourth-order valence-corrected chi connectivity index (χ4v) is 2.65. The zero-order valence-electron chi connectivity index (χ0n) is 11.0. The van der Waals surface area contributed by atoms with E-state index in [9.17, 15) is 5.11 Å². The predicted molar refractivity (Wildman–Crippen MR) is 78.7 cm³/mol. The first-order valence-electron chi connectivity index (χ1n) is 6.44. The Balaban J connectivity index is 2.17. The molecule has 0 aliphatic heterocycles. The van der Waals surface area contributed by atoms with Crippen molar-refractivity contribution >= 4 is 22.4 Å². The van der Waals surface area contributed by atoms with Gasteiger partial charge in [-0.1, -0.05) is 35.9 Å². The minimum Gasteiger partial charge on any atom is -0.382 e. The minimum absolute atomic E-state index is 0.465. The lowest BCUT2D eigenvalue weighted by Gasteiger charge is -2.15. The van der Waals surface area contributed by atoms with E-state index in [0.717, 1.165) is 16.3 Å². The van der Waals surface area contributed by atoms with Gasteiger partial charge in [0.05, 0.1) is 16.9 Å². The van der Waals surface area contributed by atoms with Crippen LogP contribution in [0.1, 0.15) is 24.3 Å². The second-order valence-electron chi connectivity index (χ2n) is 4.55. The molecule has 0 spiro atoms. The smallest absolute Gasteiger partial charge is 0.124 e. The Morgan fingerprint density at radius 2 is 2.05 bits per heavy atom. The number of aliphatic hydroxyl groups is 1. The lowest BCUT2D eigenvalue weighted by Crippen LogP contribution is -2.10. The summed E-state index contributed by atoms with van der Waals surface area (Å²) in [5, 5.41) is 17.3. The summed E-state index contributed by atoms with van der Waals surface area (Å²) >= 11 is 6.16. The Morgan fingerprint density at radius 3 is 2.85 bits per heavy atom. The highest BCUT2D eigenvalue weighted by Crippen LogP contribution is 2.31. The summed E-state index contributed by atoms with van der Waals surface area (Å²) in [4.78, 5) is 4.20. The van der Waals surface area contributed by atoms with E-state index in [4.69, 9.17) is 11.6 Å². The monoisotopic (exact) mass is 287 g/mol. The first-order valence-corrected chi connectivity index (χ1v) is 6.82. The van der Waals surface area contributed by atoms with Gasteiger partial charge in [0.1, 0.15) is 6.10 Å². The molecule has 1 N–H and O–H groups in total. The molecule has 0 bridgehead atoms. The molecule has 1 unspecified atom stereocenters. The molecule has 0 amide bonds. The van der Waals surface area contributed by atoms with E-state index in [1.807, 2.05) is 31.2 Å². The number of nitrogens with zero attached hydrogens (tertiary/aromatic N) is 3. The third-order valence-corrected chi connectivity index (χ3v) is 3.68. The van der Waals surface area contributed by atoms with Crippen LogP contribution in [0.2, 0.25) is 5.02 Å². The molecule has 0 saturated carbocycles. The molecular formula is C15H14ClN3O. The van der Waals surface area contributed by atoms with Crippen LogP contribution in [0, 0.1) is 0 Å². The van der Waals surface area contributed by atoms with Crippen molar-refractivity contribution in [2.24, 2.45) is 0 Å². The van der Waals surface area contributed by atoms with E-state index in [2.05, 4.69) is 10.1 Å². The molecule has 3 aromatic rings.